The molecule has 0 aliphatic heterocycles. The van der Waals surface area contributed by atoms with Crippen LogP contribution in [0.25, 0.3) is 137 Å². The van der Waals surface area contributed by atoms with E-state index < -0.39 is 0 Å². The molecule has 6 heteroatoms. The zero-order chi connectivity index (χ0) is 41.9. The van der Waals surface area contributed by atoms with Crippen LogP contribution in [-0.4, -0.2) is 14.5 Å². The number of rotatable bonds is 5. The fourth-order valence-corrected chi connectivity index (χ4v) is 11.0. The molecule has 14 aromatic rings. The molecule has 9 aromatic carbocycles. The van der Waals surface area contributed by atoms with E-state index in [1.165, 1.54) is 42.2 Å². The van der Waals surface area contributed by atoms with Gasteiger partial charge in [0.05, 0.1) is 11.0 Å². The lowest BCUT2D eigenvalue weighted by Gasteiger charge is -2.09. The number of fused-ring (bicyclic) bond motifs is 12. The first kappa shape index (κ1) is 35.3. The third-order valence-electron chi connectivity index (χ3n) is 12.8. The standard InChI is InChI=1S/C58H33N3O2S/c1-3-13-34(14-4-1)35-26-29-49-44(32-35)56-57(63-49)55(41-19-11-23-50-53(41)40-18-8-10-22-48(40)62-50)59-58(60-56)42-20-12-24-52-54(42)45-33-37(27-30-51(45)64-52)36-25-28-47-43(31-36)39-17-7-9-21-46(39)61(47)38-15-5-2-6-16-38/h1-33H. The summed E-state index contributed by atoms with van der Waals surface area (Å²) < 4.78 is 18.0. The minimum Gasteiger partial charge on any atom is -0.456 e. The Morgan fingerprint density at radius 1 is 0.391 bits per heavy atom. The molecular formula is C58H33N3O2S. The lowest BCUT2D eigenvalue weighted by molar-refractivity contribution is 0.667. The van der Waals surface area contributed by atoms with Gasteiger partial charge in [-0.1, -0.05) is 127 Å². The summed E-state index contributed by atoms with van der Waals surface area (Å²) in [5, 5.41) is 7.76. The predicted molar refractivity (Wildman–Crippen MR) is 266 cm³/mol. The van der Waals surface area contributed by atoms with Gasteiger partial charge in [-0.3, -0.25) is 0 Å². The van der Waals surface area contributed by atoms with E-state index in [2.05, 4.69) is 174 Å². The van der Waals surface area contributed by atoms with Crippen LogP contribution >= 0.6 is 11.3 Å². The lowest BCUT2D eigenvalue weighted by Crippen LogP contribution is -1.95. The minimum absolute atomic E-state index is 0.644. The molecule has 0 spiro atoms. The summed E-state index contributed by atoms with van der Waals surface area (Å²) in [6, 6.07) is 70.8. The molecule has 0 aliphatic carbocycles. The zero-order valence-corrected chi connectivity index (χ0v) is 34.9. The third-order valence-corrected chi connectivity index (χ3v) is 14.0. The van der Waals surface area contributed by atoms with Gasteiger partial charge < -0.3 is 13.4 Å². The van der Waals surface area contributed by atoms with Crippen LogP contribution in [0.1, 0.15) is 0 Å². The fourth-order valence-electron chi connectivity index (χ4n) is 9.93. The van der Waals surface area contributed by atoms with Gasteiger partial charge in [0, 0.05) is 63.9 Å². The fraction of sp³-hybridized carbons (Fsp3) is 0. The van der Waals surface area contributed by atoms with Crippen molar-refractivity contribution >= 4 is 97.3 Å². The highest BCUT2D eigenvalue weighted by molar-refractivity contribution is 7.26. The van der Waals surface area contributed by atoms with Gasteiger partial charge in [-0.25, -0.2) is 9.97 Å². The first-order valence-electron chi connectivity index (χ1n) is 21.5. The normalized spacial score (nSPS) is 12.1. The second-order valence-electron chi connectivity index (χ2n) is 16.4. The molecule has 5 nitrogen and oxygen atoms in total. The molecule has 14 rings (SSSR count). The number of thiophene rings is 1. The van der Waals surface area contributed by atoms with Gasteiger partial charge in [-0.2, -0.15) is 0 Å². The molecule has 0 saturated carbocycles. The van der Waals surface area contributed by atoms with Gasteiger partial charge in [0.2, 0.25) is 0 Å². The number of benzene rings is 9. The van der Waals surface area contributed by atoms with Crippen LogP contribution in [0.15, 0.2) is 209 Å². The van der Waals surface area contributed by atoms with Crippen molar-refractivity contribution in [3.05, 3.63) is 200 Å². The SMILES string of the molecule is c1ccc(-c2ccc3oc4c(-c5cccc6oc7ccccc7c56)nc(-c5cccc6sc7ccc(-c8ccc9c(c8)c8ccccc8n9-c8ccccc8)cc7c56)nc4c3c2)cc1. The third kappa shape index (κ3) is 5.24. The summed E-state index contributed by atoms with van der Waals surface area (Å²) in [6.07, 6.45) is 0. The smallest absolute Gasteiger partial charge is 0.180 e. The lowest BCUT2D eigenvalue weighted by atomic mass is 9.98. The van der Waals surface area contributed by atoms with Crippen LogP contribution in [0.3, 0.4) is 0 Å². The maximum Gasteiger partial charge on any atom is 0.180 e. The second-order valence-corrected chi connectivity index (χ2v) is 17.5. The monoisotopic (exact) mass is 835 g/mol. The molecule has 0 N–H and O–H groups in total. The highest BCUT2D eigenvalue weighted by atomic mass is 32.1. The predicted octanol–water partition coefficient (Wildman–Crippen LogP) is 16.4. The summed E-state index contributed by atoms with van der Waals surface area (Å²) in [4.78, 5) is 11.0. The molecular weight excluding hydrogens is 803 g/mol. The van der Waals surface area contributed by atoms with Crippen LogP contribution in [0.5, 0.6) is 0 Å². The van der Waals surface area contributed by atoms with Gasteiger partial charge in [-0.15, -0.1) is 11.3 Å². The molecule has 0 amide bonds. The van der Waals surface area contributed by atoms with Crippen molar-refractivity contribution in [2.75, 3.05) is 0 Å². The Kier molecular flexibility index (Phi) is 7.49. The minimum atomic E-state index is 0.644. The summed E-state index contributed by atoms with van der Waals surface area (Å²) in [7, 11) is 0. The Bertz CT molecular complexity index is 4200. The maximum atomic E-state index is 6.79. The van der Waals surface area contributed by atoms with E-state index in [1.807, 2.05) is 30.3 Å². The molecule has 0 aliphatic rings. The zero-order valence-electron chi connectivity index (χ0n) is 34.1. The molecule has 5 heterocycles. The molecule has 5 aromatic heterocycles. The van der Waals surface area contributed by atoms with Crippen LogP contribution in [0.2, 0.25) is 0 Å². The van der Waals surface area contributed by atoms with Crippen molar-refractivity contribution in [1.29, 1.82) is 0 Å². The van der Waals surface area contributed by atoms with Gasteiger partial charge in [0.25, 0.3) is 0 Å². The number of aromatic nitrogens is 3. The van der Waals surface area contributed by atoms with E-state index in [0.717, 1.165) is 83.0 Å². The first-order chi connectivity index (χ1) is 31.7. The Balaban J connectivity index is 1.00. The highest BCUT2D eigenvalue weighted by Gasteiger charge is 2.24. The van der Waals surface area contributed by atoms with E-state index in [-0.39, 0.29) is 0 Å². The summed E-state index contributed by atoms with van der Waals surface area (Å²) in [5.74, 6) is 0.644. The molecule has 0 unspecified atom stereocenters. The van der Waals surface area contributed by atoms with E-state index in [1.54, 1.807) is 11.3 Å². The van der Waals surface area contributed by atoms with Crippen LogP contribution in [0.4, 0.5) is 0 Å². The average Bonchev–Trinajstić information content (AvgIpc) is 4.12. The topological polar surface area (TPSA) is 57.0 Å². The van der Waals surface area contributed by atoms with E-state index in [0.29, 0.717) is 11.4 Å². The molecule has 0 bridgehead atoms. The van der Waals surface area contributed by atoms with Crippen molar-refractivity contribution in [3.63, 3.8) is 0 Å². The maximum absolute atomic E-state index is 6.79. The summed E-state index contributed by atoms with van der Waals surface area (Å²) in [5.41, 5.74) is 14.6. The molecule has 0 radical (unpaired) electrons. The molecule has 0 fully saturated rings. The average molecular weight is 836 g/mol. The number of hydrogen-bond donors (Lipinski definition) is 0. The van der Waals surface area contributed by atoms with Crippen LogP contribution in [0, 0.1) is 0 Å². The number of furan rings is 2. The number of para-hydroxylation sites is 3. The largest absolute Gasteiger partial charge is 0.456 e. The van der Waals surface area contributed by atoms with Crippen molar-refractivity contribution in [2.24, 2.45) is 0 Å². The van der Waals surface area contributed by atoms with Crippen molar-refractivity contribution < 1.29 is 8.83 Å². The molecule has 0 atom stereocenters. The summed E-state index contributed by atoms with van der Waals surface area (Å²) >= 11 is 1.80. The highest BCUT2D eigenvalue weighted by Crippen LogP contribution is 2.45. The van der Waals surface area contributed by atoms with E-state index >= 15 is 0 Å². The summed E-state index contributed by atoms with van der Waals surface area (Å²) in [6.45, 7) is 0. The van der Waals surface area contributed by atoms with E-state index in [9.17, 15) is 0 Å². The van der Waals surface area contributed by atoms with Crippen molar-refractivity contribution in [3.8, 4) is 50.6 Å². The van der Waals surface area contributed by atoms with Gasteiger partial charge in [-0.05, 0) is 95.1 Å². The van der Waals surface area contributed by atoms with Gasteiger partial charge in [0.15, 0.2) is 11.4 Å². The Labute approximate surface area is 369 Å². The molecule has 298 valence electrons. The first-order valence-corrected chi connectivity index (χ1v) is 22.3. The van der Waals surface area contributed by atoms with Gasteiger partial charge in [0.1, 0.15) is 28.0 Å². The number of hydrogen-bond acceptors (Lipinski definition) is 5. The Morgan fingerprint density at radius 3 is 1.94 bits per heavy atom. The van der Waals surface area contributed by atoms with E-state index in [4.69, 9.17) is 18.8 Å². The Hall–Kier alpha value is -8.32. The Morgan fingerprint density at radius 2 is 1.05 bits per heavy atom. The van der Waals surface area contributed by atoms with Crippen molar-refractivity contribution in [2.45, 2.75) is 0 Å². The molecule has 64 heavy (non-hydrogen) atoms. The van der Waals surface area contributed by atoms with Crippen LogP contribution < -0.4 is 0 Å². The van der Waals surface area contributed by atoms with Gasteiger partial charge >= 0.3 is 0 Å². The number of nitrogens with zero attached hydrogens (tertiary/aromatic N) is 3. The quantitative estimate of drug-likeness (QED) is 0.173. The van der Waals surface area contributed by atoms with Crippen LogP contribution in [-0.2, 0) is 0 Å². The van der Waals surface area contributed by atoms with Crippen molar-refractivity contribution in [1.82, 2.24) is 14.5 Å². The second kappa shape index (κ2) is 13.6. The molecule has 0 saturated heterocycles.